The third-order valence-corrected chi connectivity index (χ3v) is 10.6. The molecule has 0 aromatic heterocycles. The highest BCUT2D eigenvalue weighted by Gasteiger charge is 2.59. The Morgan fingerprint density at radius 1 is 0.924 bits per heavy atom. The average molecular weight is 953 g/mol. The average Bonchev–Trinajstić information content (AvgIpc) is 3.30. The van der Waals surface area contributed by atoms with Crippen molar-refractivity contribution in [1.82, 2.24) is 10.6 Å². The standard InChI is InChI=1S/C39H64N6O21/c1-20(49)44-28-24(51)16-39(65-34(28)30(55)25(52)17-46,38(59)42-8-10-60-12-14-62-15-13-61-11-9-43-45-41)66-35-31(56)27(19-48)63-37(32(35)57)64-33(26(53)18-47)29(54)23(50)7-6-21-4-2-3-5-22(21)36(40)58/h2-5,23-35,37,46-48,50-57H,6-19H2,1H3,(H2,40,58)(H,42,59)(H,44,49)/t23?,24-,25-,26?,27?,28-,29-,30-,31+,32?,33-,34?,35+,37+,39+/m1/s1. The molecule has 2 heterocycles. The van der Waals surface area contributed by atoms with E-state index in [9.17, 15) is 70.6 Å². The summed E-state index contributed by atoms with van der Waals surface area (Å²) in [6, 6.07) is 4.63. The minimum absolute atomic E-state index is 0.0140. The van der Waals surface area contributed by atoms with Crippen molar-refractivity contribution < 1.29 is 104 Å². The van der Waals surface area contributed by atoms with Crippen molar-refractivity contribution in [2.45, 2.75) is 118 Å². The summed E-state index contributed by atoms with van der Waals surface area (Å²) in [6.45, 7) is -1.62. The van der Waals surface area contributed by atoms with E-state index in [1.165, 1.54) is 6.07 Å². The second-order valence-electron chi connectivity index (χ2n) is 15.4. The topological polar surface area (TPSA) is 437 Å². The lowest BCUT2D eigenvalue weighted by Gasteiger charge is -2.51. The summed E-state index contributed by atoms with van der Waals surface area (Å²) in [7, 11) is 0. The number of carbonyl (C=O) groups excluding carboxylic acids is 3. The second-order valence-corrected chi connectivity index (χ2v) is 15.4. The lowest BCUT2D eigenvalue weighted by atomic mass is 9.87. The number of azide groups is 1. The molecule has 2 fully saturated rings. The van der Waals surface area contributed by atoms with Gasteiger partial charge in [-0.15, -0.1) is 0 Å². The summed E-state index contributed by atoms with van der Waals surface area (Å²) in [5, 5.41) is 127. The van der Waals surface area contributed by atoms with Gasteiger partial charge in [-0.1, -0.05) is 23.3 Å². The Hall–Kier alpha value is -3.78. The zero-order valence-corrected chi connectivity index (χ0v) is 36.2. The van der Waals surface area contributed by atoms with E-state index >= 15 is 0 Å². The third kappa shape index (κ3) is 16.2. The quantitative estimate of drug-likeness (QED) is 0.0148. The normalized spacial score (nSPS) is 28.2. The molecule has 0 radical (unpaired) electrons. The van der Waals surface area contributed by atoms with Crippen molar-refractivity contribution in [3.8, 4) is 0 Å². The number of rotatable bonds is 30. The maximum absolute atomic E-state index is 14.2. The fourth-order valence-electron chi connectivity index (χ4n) is 7.18. The van der Waals surface area contributed by atoms with Crippen LogP contribution in [0.25, 0.3) is 10.4 Å². The van der Waals surface area contributed by atoms with Gasteiger partial charge in [0.25, 0.3) is 11.7 Å². The minimum atomic E-state index is -2.87. The first kappa shape index (κ1) is 56.5. The molecular weight excluding hydrogens is 888 g/mol. The molecule has 2 aliphatic heterocycles. The number of nitrogens with one attached hydrogen (secondary N) is 2. The molecule has 27 heteroatoms. The monoisotopic (exact) mass is 952 g/mol. The number of benzene rings is 1. The number of aliphatic hydroxyl groups is 11. The molecule has 66 heavy (non-hydrogen) atoms. The SMILES string of the molecule is CC(=O)N[C@H]1C([C@H](O)[C@H](O)CO)O[C@@](O[C@@H]2C(O)[C@H](O[C@H](C(O)CO)[C@H](O)C(O)CCc3ccccc3C(N)=O)OC(CO)[C@@H]2O)(C(=O)NCCOCCOCCOCCN=[N+]=[N-])C[C@H]1O. The van der Waals surface area contributed by atoms with Gasteiger partial charge in [0.05, 0.1) is 77.7 Å². The molecule has 376 valence electrons. The van der Waals surface area contributed by atoms with Crippen molar-refractivity contribution in [2.24, 2.45) is 10.8 Å². The van der Waals surface area contributed by atoms with E-state index in [0.29, 0.717) is 5.56 Å². The van der Waals surface area contributed by atoms with E-state index in [-0.39, 0.29) is 71.1 Å². The summed E-state index contributed by atoms with van der Waals surface area (Å²) < 4.78 is 39.4. The van der Waals surface area contributed by atoms with Crippen LogP contribution in [0.4, 0.5) is 0 Å². The molecule has 5 unspecified atom stereocenters. The van der Waals surface area contributed by atoms with Crippen molar-refractivity contribution in [3.05, 3.63) is 45.8 Å². The van der Waals surface area contributed by atoms with Crippen LogP contribution in [0.3, 0.4) is 0 Å². The first-order valence-corrected chi connectivity index (χ1v) is 21.1. The Balaban J connectivity index is 1.88. The maximum atomic E-state index is 14.2. The molecule has 3 amide bonds. The zero-order valence-electron chi connectivity index (χ0n) is 36.2. The maximum Gasteiger partial charge on any atom is 0.280 e. The number of nitrogens with two attached hydrogens (primary N) is 1. The van der Waals surface area contributed by atoms with E-state index < -0.39 is 135 Å². The highest BCUT2D eigenvalue weighted by Crippen LogP contribution is 2.38. The molecule has 0 saturated carbocycles. The van der Waals surface area contributed by atoms with E-state index in [4.69, 9.17) is 44.4 Å². The van der Waals surface area contributed by atoms with Crippen molar-refractivity contribution in [3.63, 3.8) is 0 Å². The lowest BCUT2D eigenvalue weighted by Crippen LogP contribution is -2.71. The summed E-state index contributed by atoms with van der Waals surface area (Å²) in [6.07, 6.45) is -27.2. The Bertz CT molecular complexity index is 1680. The molecule has 0 aliphatic carbocycles. The van der Waals surface area contributed by atoms with Gasteiger partial charge in [-0.3, -0.25) is 14.4 Å². The summed E-state index contributed by atoms with van der Waals surface area (Å²) in [5.74, 6) is -5.60. The van der Waals surface area contributed by atoms with Gasteiger partial charge in [0.2, 0.25) is 11.8 Å². The number of carbonyl (C=O) groups is 3. The Morgan fingerprint density at radius 3 is 2.17 bits per heavy atom. The molecule has 1 aromatic carbocycles. The van der Waals surface area contributed by atoms with Crippen molar-refractivity contribution in [1.29, 1.82) is 0 Å². The molecule has 15 N–H and O–H groups in total. The van der Waals surface area contributed by atoms with Gasteiger partial charge in [0.15, 0.2) is 6.29 Å². The smallest absolute Gasteiger partial charge is 0.280 e. The summed E-state index contributed by atoms with van der Waals surface area (Å²) in [5.41, 5.74) is 14.3. The van der Waals surface area contributed by atoms with Gasteiger partial charge in [0.1, 0.15) is 61.0 Å². The third-order valence-electron chi connectivity index (χ3n) is 10.6. The predicted octanol–water partition coefficient (Wildman–Crippen LogP) is -6.46. The lowest BCUT2D eigenvalue weighted by molar-refractivity contribution is -0.374. The first-order valence-electron chi connectivity index (χ1n) is 21.1. The van der Waals surface area contributed by atoms with Crippen LogP contribution in [0.2, 0.25) is 0 Å². The molecule has 3 rings (SSSR count). The summed E-state index contributed by atoms with van der Waals surface area (Å²) >= 11 is 0. The van der Waals surface area contributed by atoms with Crippen LogP contribution in [0.15, 0.2) is 29.4 Å². The van der Waals surface area contributed by atoms with E-state index in [1.54, 1.807) is 18.2 Å². The van der Waals surface area contributed by atoms with Crippen LogP contribution < -0.4 is 16.4 Å². The molecule has 0 spiro atoms. The number of hydrogen-bond donors (Lipinski definition) is 14. The number of primary amides is 1. The largest absolute Gasteiger partial charge is 0.394 e. The van der Waals surface area contributed by atoms with E-state index in [0.717, 1.165) is 6.92 Å². The zero-order chi connectivity index (χ0) is 49.0. The van der Waals surface area contributed by atoms with Crippen LogP contribution in [-0.2, 0) is 49.2 Å². The van der Waals surface area contributed by atoms with Crippen molar-refractivity contribution >= 4 is 17.7 Å². The number of nitrogens with zero attached hydrogens (tertiary/aromatic N) is 3. The highest BCUT2D eigenvalue weighted by molar-refractivity contribution is 5.94. The predicted molar refractivity (Wildman–Crippen MR) is 220 cm³/mol. The number of amides is 3. The van der Waals surface area contributed by atoms with Crippen LogP contribution in [0.1, 0.15) is 35.7 Å². The molecule has 2 aliphatic rings. The Morgan fingerprint density at radius 2 is 1.56 bits per heavy atom. The van der Waals surface area contributed by atoms with Gasteiger partial charge in [-0.25, -0.2) is 0 Å². The first-order chi connectivity index (χ1) is 31.5. The molecule has 1 aromatic rings. The van der Waals surface area contributed by atoms with Gasteiger partial charge >= 0.3 is 0 Å². The minimum Gasteiger partial charge on any atom is -0.394 e. The molecule has 27 nitrogen and oxygen atoms in total. The van der Waals surface area contributed by atoms with Crippen LogP contribution >= 0.6 is 0 Å². The molecular formula is C39H64N6O21. The highest BCUT2D eigenvalue weighted by atomic mass is 16.7. The number of aryl methyl sites for hydroxylation is 1. The fraction of sp³-hybridized carbons (Fsp3) is 0.769. The summed E-state index contributed by atoms with van der Waals surface area (Å²) in [4.78, 5) is 40.9. The fourth-order valence-corrected chi connectivity index (χ4v) is 7.18. The number of aliphatic hydroxyl groups excluding tert-OH is 11. The molecule has 2 saturated heterocycles. The van der Waals surface area contributed by atoms with Gasteiger partial charge in [-0.2, -0.15) is 0 Å². The van der Waals surface area contributed by atoms with E-state index in [1.807, 2.05) is 0 Å². The number of ether oxygens (including phenoxy) is 7. The second kappa shape index (κ2) is 28.5. The van der Waals surface area contributed by atoms with Gasteiger partial charge < -0.3 is 106 Å². The van der Waals surface area contributed by atoms with Crippen LogP contribution in [-0.4, -0.2) is 238 Å². The van der Waals surface area contributed by atoms with Gasteiger partial charge in [0, 0.05) is 36.9 Å². The Kier molecular flexibility index (Phi) is 24.4. The van der Waals surface area contributed by atoms with Gasteiger partial charge in [-0.05, 0) is 30.0 Å². The van der Waals surface area contributed by atoms with Crippen LogP contribution in [0.5, 0.6) is 0 Å². The van der Waals surface area contributed by atoms with Crippen molar-refractivity contribution in [2.75, 3.05) is 72.6 Å². The number of hydrogen-bond acceptors (Lipinski definition) is 22. The van der Waals surface area contributed by atoms with Crippen LogP contribution in [0, 0.1) is 0 Å². The Labute approximate surface area is 378 Å². The van der Waals surface area contributed by atoms with E-state index in [2.05, 4.69) is 20.7 Å². The molecule has 15 atom stereocenters. The molecule has 0 bridgehead atoms.